The Hall–Kier alpha value is -4.70. The molecule has 2 aromatic carbocycles. The zero-order valence-corrected chi connectivity index (χ0v) is 21.2. The number of benzene rings is 2. The van der Waals surface area contributed by atoms with Gasteiger partial charge in [0.2, 0.25) is 5.78 Å². The molecule has 2 aromatic heterocycles. The van der Waals surface area contributed by atoms with E-state index in [1.54, 1.807) is 44.2 Å². The summed E-state index contributed by atoms with van der Waals surface area (Å²) < 4.78 is 16.2. The van der Waals surface area contributed by atoms with Gasteiger partial charge in [-0.05, 0) is 55.8 Å². The van der Waals surface area contributed by atoms with E-state index in [4.69, 9.17) is 13.9 Å². The average Bonchev–Trinajstić information content (AvgIpc) is 3.64. The summed E-state index contributed by atoms with van der Waals surface area (Å²) in [4.78, 5) is 45.0. The van der Waals surface area contributed by atoms with Gasteiger partial charge in [-0.15, -0.1) is 0 Å². The Kier molecular flexibility index (Phi) is 6.80. The summed E-state index contributed by atoms with van der Waals surface area (Å²) in [5, 5.41) is 11.0. The summed E-state index contributed by atoms with van der Waals surface area (Å²) in [6.45, 7) is 3.49. The van der Waals surface area contributed by atoms with Crippen LogP contribution in [-0.4, -0.2) is 34.4 Å². The number of aliphatic hydroxyl groups is 1. The second-order valence-corrected chi connectivity index (χ2v) is 9.24. The Morgan fingerprint density at radius 3 is 2.42 bits per heavy atom. The first-order valence-corrected chi connectivity index (χ1v) is 12.5. The van der Waals surface area contributed by atoms with Gasteiger partial charge >= 0.3 is 5.97 Å². The van der Waals surface area contributed by atoms with Gasteiger partial charge in [0.25, 0.3) is 5.91 Å². The van der Waals surface area contributed by atoms with Crippen molar-refractivity contribution in [1.82, 2.24) is 4.98 Å². The third kappa shape index (κ3) is 4.57. The van der Waals surface area contributed by atoms with E-state index >= 15 is 0 Å². The molecule has 0 saturated heterocycles. The number of thiazole rings is 1. The Morgan fingerprint density at radius 2 is 1.76 bits per heavy atom. The van der Waals surface area contributed by atoms with Gasteiger partial charge in [0.15, 0.2) is 16.7 Å². The Labute approximate surface area is 221 Å². The lowest BCUT2D eigenvalue weighted by Crippen LogP contribution is -2.31. The highest BCUT2D eigenvalue weighted by molar-refractivity contribution is 7.17. The number of aromatic nitrogens is 1. The maximum absolute atomic E-state index is 13.4. The average molecular weight is 531 g/mol. The summed E-state index contributed by atoms with van der Waals surface area (Å²) in [7, 11) is 0. The van der Waals surface area contributed by atoms with E-state index in [-0.39, 0.29) is 27.9 Å². The van der Waals surface area contributed by atoms with Crippen LogP contribution in [0.1, 0.15) is 44.4 Å². The topological polar surface area (TPSA) is 119 Å². The quantitative estimate of drug-likeness (QED) is 0.224. The molecule has 38 heavy (non-hydrogen) atoms. The van der Waals surface area contributed by atoms with Gasteiger partial charge in [0.1, 0.15) is 16.4 Å². The van der Waals surface area contributed by atoms with E-state index in [1.807, 2.05) is 30.3 Å². The SMILES string of the molecule is CCOC(=O)c1sc(N2C(=O)C(O)=C(C(=O)c3ccco3)[C@@H]2c2ccc(Oc3ccccc3)cc2)nc1C. The highest BCUT2D eigenvalue weighted by Crippen LogP contribution is 2.44. The highest BCUT2D eigenvalue weighted by atomic mass is 32.1. The molecule has 1 atom stereocenters. The van der Waals surface area contributed by atoms with Gasteiger partial charge in [-0.3, -0.25) is 14.5 Å². The number of amides is 1. The van der Waals surface area contributed by atoms with E-state index < -0.39 is 29.5 Å². The van der Waals surface area contributed by atoms with Gasteiger partial charge in [-0.1, -0.05) is 41.7 Å². The first-order chi connectivity index (χ1) is 18.4. The number of carbonyl (C=O) groups is 3. The summed E-state index contributed by atoms with van der Waals surface area (Å²) in [5.74, 6) is -1.59. The van der Waals surface area contributed by atoms with E-state index in [0.29, 0.717) is 22.8 Å². The molecule has 0 radical (unpaired) electrons. The molecule has 1 amide bonds. The Morgan fingerprint density at radius 1 is 1.05 bits per heavy atom. The largest absolute Gasteiger partial charge is 0.503 e. The molecule has 1 aliphatic heterocycles. The van der Waals surface area contributed by atoms with Crippen LogP contribution in [0.4, 0.5) is 5.13 Å². The fraction of sp³-hybridized carbons (Fsp3) is 0.143. The van der Waals surface area contributed by atoms with Crippen LogP contribution in [0.3, 0.4) is 0 Å². The number of Topliss-reactive ketones (excluding diaryl/α,β-unsaturated/α-hetero) is 1. The predicted octanol–water partition coefficient (Wildman–Crippen LogP) is 5.80. The highest BCUT2D eigenvalue weighted by Gasteiger charge is 2.46. The summed E-state index contributed by atoms with van der Waals surface area (Å²) in [6, 6.07) is 18.0. The van der Waals surface area contributed by atoms with Crippen molar-refractivity contribution in [3.8, 4) is 11.5 Å². The number of hydrogen-bond donors (Lipinski definition) is 1. The molecule has 0 saturated carbocycles. The van der Waals surface area contributed by atoms with Crippen LogP contribution in [0, 0.1) is 6.92 Å². The minimum atomic E-state index is -1.04. The number of ether oxygens (including phenoxy) is 2. The van der Waals surface area contributed by atoms with E-state index in [9.17, 15) is 19.5 Å². The lowest BCUT2D eigenvalue weighted by molar-refractivity contribution is -0.117. The molecule has 0 spiro atoms. The van der Waals surface area contributed by atoms with Crippen LogP contribution >= 0.6 is 11.3 Å². The number of aliphatic hydroxyl groups excluding tert-OH is 1. The first kappa shape index (κ1) is 25.0. The molecule has 10 heteroatoms. The second kappa shape index (κ2) is 10.3. The standard InChI is InChI=1S/C28H22N2O7S/c1-3-35-27(34)25-16(2)29-28(38-25)30-22(21(24(32)26(30)33)23(31)20-10-7-15-36-20)17-11-13-19(14-12-17)37-18-8-5-4-6-9-18/h4-15,22,32H,3H2,1-2H3/t22-/m0/s1. The number of ketones is 1. The van der Waals surface area contributed by atoms with Gasteiger partial charge in [0, 0.05) is 0 Å². The molecule has 1 aliphatic rings. The van der Waals surface area contributed by atoms with Crippen molar-refractivity contribution in [3.05, 3.63) is 106 Å². The third-order valence-electron chi connectivity index (χ3n) is 5.82. The number of hydrogen-bond acceptors (Lipinski definition) is 9. The number of nitrogens with zero attached hydrogens (tertiary/aromatic N) is 2. The number of anilines is 1. The summed E-state index contributed by atoms with van der Waals surface area (Å²) in [6.07, 6.45) is 1.33. The molecule has 5 rings (SSSR count). The monoisotopic (exact) mass is 530 g/mol. The lowest BCUT2D eigenvalue weighted by Gasteiger charge is -2.24. The van der Waals surface area contributed by atoms with Crippen LogP contribution in [0.2, 0.25) is 0 Å². The molecule has 0 fully saturated rings. The smallest absolute Gasteiger partial charge is 0.350 e. The van der Waals surface area contributed by atoms with Crippen molar-refractivity contribution in [1.29, 1.82) is 0 Å². The zero-order chi connectivity index (χ0) is 26.8. The third-order valence-corrected chi connectivity index (χ3v) is 6.96. The molecular weight excluding hydrogens is 508 g/mol. The zero-order valence-electron chi connectivity index (χ0n) is 20.4. The lowest BCUT2D eigenvalue weighted by atomic mass is 9.95. The molecule has 0 unspecified atom stereocenters. The molecule has 0 bridgehead atoms. The van der Waals surface area contributed by atoms with Crippen molar-refractivity contribution in [2.45, 2.75) is 19.9 Å². The molecule has 3 heterocycles. The maximum Gasteiger partial charge on any atom is 0.350 e. The van der Waals surface area contributed by atoms with Crippen LogP contribution in [0.5, 0.6) is 11.5 Å². The minimum Gasteiger partial charge on any atom is -0.503 e. The van der Waals surface area contributed by atoms with Crippen molar-refractivity contribution < 1.29 is 33.4 Å². The molecule has 4 aromatic rings. The molecule has 1 N–H and O–H groups in total. The van der Waals surface area contributed by atoms with Crippen molar-refractivity contribution >= 4 is 34.1 Å². The number of furan rings is 1. The van der Waals surface area contributed by atoms with Gasteiger partial charge in [-0.25, -0.2) is 9.78 Å². The number of rotatable bonds is 8. The first-order valence-electron chi connectivity index (χ1n) is 11.7. The van der Waals surface area contributed by atoms with Crippen molar-refractivity contribution in [3.63, 3.8) is 0 Å². The van der Waals surface area contributed by atoms with Crippen LogP contribution in [0.15, 0.2) is 88.7 Å². The molecule has 192 valence electrons. The number of para-hydroxylation sites is 1. The Bertz CT molecular complexity index is 1520. The van der Waals surface area contributed by atoms with Crippen molar-refractivity contribution in [2.24, 2.45) is 0 Å². The van der Waals surface area contributed by atoms with Gasteiger partial charge < -0.3 is 19.0 Å². The predicted molar refractivity (Wildman–Crippen MR) is 139 cm³/mol. The normalized spacial score (nSPS) is 15.2. The second-order valence-electron chi connectivity index (χ2n) is 8.26. The number of carbonyl (C=O) groups excluding carboxylic acids is 3. The van der Waals surface area contributed by atoms with Crippen molar-refractivity contribution in [2.75, 3.05) is 11.5 Å². The fourth-order valence-electron chi connectivity index (χ4n) is 4.10. The van der Waals surface area contributed by atoms with Crippen LogP contribution in [0.25, 0.3) is 0 Å². The number of aryl methyl sites for hydroxylation is 1. The molecular formula is C28H22N2O7S. The summed E-state index contributed by atoms with van der Waals surface area (Å²) in [5.41, 5.74) is 0.724. The summed E-state index contributed by atoms with van der Waals surface area (Å²) >= 11 is 0.947. The van der Waals surface area contributed by atoms with Gasteiger partial charge in [0.05, 0.1) is 30.2 Å². The van der Waals surface area contributed by atoms with Crippen LogP contribution in [-0.2, 0) is 9.53 Å². The van der Waals surface area contributed by atoms with Gasteiger partial charge in [-0.2, -0.15) is 0 Å². The van der Waals surface area contributed by atoms with E-state index in [0.717, 1.165) is 11.3 Å². The maximum atomic E-state index is 13.4. The number of esters is 1. The van der Waals surface area contributed by atoms with E-state index in [2.05, 4.69) is 4.98 Å². The molecule has 9 nitrogen and oxygen atoms in total. The Balaban J connectivity index is 1.56. The minimum absolute atomic E-state index is 0.0298. The molecule has 0 aliphatic carbocycles. The van der Waals surface area contributed by atoms with Crippen LogP contribution < -0.4 is 9.64 Å². The van der Waals surface area contributed by atoms with E-state index in [1.165, 1.54) is 17.2 Å². The fourth-order valence-corrected chi connectivity index (χ4v) is 5.09.